The van der Waals surface area contributed by atoms with Gasteiger partial charge in [-0.25, -0.2) is 8.42 Å². The van der Waals surface area contributed by atoms with Gasteiger partial charge in [-0.05, 0) is 55.5 Å². The van der Waals surface area contributed by atoms with E-state index in [2.05, 4.69) is 20.9 Å². The summed E-state index contributed by atoms with van der Waals surface area (Å²) in [5.74, 6) is 1.21. The molecule has 0 amide bonds. The maximum Gasteiger partial charge on any atom is 0.236 e. The third-order valence-electron chi connectivity index (χ3n) is 4.67. The summed E-state index contributed by atoms with van der Waals surface area (Å²) in [7, 11) is -3.87. The van der Waals surface area contributed by atoms with Crippen molar-refractivity contribution < 1.29 is 22.3 Å². The van der Waals surface area contributed by atoms with Crippen LogP contribution in [0.3, 0.4) is 0 Å². The van der Waals surface area contributed by atoms with Crippen LogP contribution in [0.2, 0.25) is 0 Å². The molecule has 30 heavy (non-hydrogen) atoms. The second kappa shape index (κ2) is 8.79. The lowest BCUT2D eigenvalue weighted by atomic mass is 10.2. The van der Waals surface area contributed by atoms with Crippen molar-refractivity contribution in [1.82, 2.24) is 4.98 Å². The van der Waals surface area contributed by atoms with Crippen LogP contribution in [0.1, 0.15) is 6.92 Å². The van der Waals surface area contributed by atoms with Crippen molar-refractivity contribution in [3.63, 3.8) is 0 Å². The Balaban J connectivity index is 1.78. The first-order valence-electron chi connectivity index (χ1n) is 9.56. The lowest BCUT2D eigenvalue weighted by Crippen LogP contribution is -2.36. The van der Waals surface area contributed by atoms with E-state index in [-0.39, 0.29) is 21.7 Å². The molecule has 0 aliphatic carbocycles. The lowest BCUT2D eigenvalue weighted by molar-refractivity contribution is 0.120. The number of nitrogens with zero attached hydrogens (tertiary/aromatic N) is 2. The van der Waals surface area contributed by atoms with E-state index < -0.39 is 9.84 Å². The lowest BCUT2D eigenvalue weighted by Gasteiger charge is -2.26. The van der Waals surface area contributed by atoms with Crippen molar-refractivity contribution in [2.24, 2.45) is 0 Å². The molecule has 9 heteroatoms. The number of anilines is 1. The van der Waals surface area contributed by atoms with E-state index in [0.29, 0.717) is 38.5 Å². The molecule has 0 radical (unpaired) electrons. The third kappa shape index (κ3) is 4.23. The van der Waals surface area contributed by atoms with Crippen molar-refractivity contribution in [1.29, 1.82) is 0 Å². The second-order valence-electron chi connectivity index (χ2n) is 6.64. The first-order chi connectivity index (χ1) is 14.5. The van der Waals surface area contributed by atoms with Crippen LogP contribution in [-0.2, 0) is 14.6 Å². The number of ether oxygens (including phenoxy) is 2. The molecule has 2 aromatic carbocycles. The molecule has 0 bridgehead atoms. The monoisotopic (exact) mass is 492 g/mol. The van der Waals surface area contributed by atoms with Crippen LogP contribution in [0.15, 0.2) is 67.3 Å². The van der Waals surface area contributed by atoms with Crippen LogP contribution >= 0.6 is 15.9 Å². The van der Waals surface area contributed by atoms with Crippen LogP contribution in [0.5, 0.6) is 5.75 Å². The highest BCUT2D eigenvalue weighted by Gasteiger charge is 2.32. The Kier molecular flexibility index (Phi) is 6.12. The highest BCUT2D eigenvalue weighted by molar-refractivity contribution is 9.10. The number of aromatic nitrogens is 1. The molecule has 1 aromatic heterocycles. The minimum Gasteiger partial charge on any atom is -0.494 e. The van der Waals surface area contributed by atoms with Gasteiger partial charge in [0.15, 0.2) is 0 Å². The fourth-order valence-electron chi connectivity index (χ4n) is 3.15. The molecule has 0 atom stereocenters. The summed E-state index contributed by atoms with van der Waals surface area (Å²) in [5, 5.41) is -0.0874. The Morgan fingerprint density at radius 3 is 2.37 bits per heavy atom. The average molecular weight is 493 g/mol. The predicted molar refractivity (Wildman–Crippen MR) is 116 cm³/mol. The summed E-state index contributed by atoms with van der Waals surface area (Å²) in [6.07, 6.45) is 0. The van der Waals surface area contributed by atoms with E-state index in [4.69, 9.17) is 13.9 Å². The smallest absolute Gasteiger partial charge is 0.236 e. The number of sulfone groups is 1. The van der Waals surface area contributed by atoms with Gasteiger partial charge in [0.05, 0.1) is 24.7 Å². The maximum atomic E-state index is 13.4. The number of morpholine rings is 1. The van der Waals surface area contributed by atoms with E-state index in [1.165, 1.54) is 0 Å². The fraction of sp³-hybridized carbons (Fsp3) is 0.286. The van der Waals surface area contributed by atoms with Gasteiger partial charge in [0.1, 0.15) is 5.75 Å². The van der Waals surface area contributed by atoms with Crippen LogP contribution in [0.25, 0.3) is 11.5 Å². The Morgan fingerprint density at radius 1 is 1.07 bits per heavy atom. The minimum atomic E-state index is -3.87. The van der Waals surface area contributed by atoms with E-state index in [1.54, 1.807) is 48.5 Å². The van der Waals surface area contributed by atoms with Gasteiger partial charge < -0.3 is 18.8 Å². The van der Waals surface area contributed by atoms with Gasteiger partial charge in [-0.1, -0.05) is 15.9 Å². The van der Waals surface area contributed by atoms with Gasteiger partial charge in [0.2, 0.25) is 26.6 Å². The first-order valence-corrected chi connectivity index (χ1v) is 11.8. The molecule has 7 nitrogen and oxygen atoms in total. The molecule has 1 saturated heterocycles. The zero-order chi connectivity index (χ0) is 21.1. The topological polar surface area (TPSA) is 81.9 Å². The van der Waals surface area contributed by atoms with Gasteiger partial charge >= 0.3 is 0 Å². The molecule has 0 spiro atoms. The molecule has 4 rings (SSSR count). The van der Waals surface area contributed by atoms with E-state index in [9.17, 15) is 8.42 Å². The molecule has 1 fully saturated rings. The predicted octanol–water partition coefficient (Wildman–Crippen LogP) is 4.17. The van der Waals surface area contributed by atoms with Crippen LogP contribution < -0.4 is 9.64 Å². The molecule has 1 aliphatic heterocycles. The molecule has 0 unspecified atom stereocenters. The van der Waals surface area contributed by atoms with Crippen molar-refractivity contribution in [2.75, 3.05) is 37.8 Å². The standard InChI is InChI=1S/C21H21BrN2O5S/c1-2-28-17-7-3-15(4-8-17)19-23-20(21(29-19)24-11-13-27-14-12-24)30(25,26)18-9-5-16(22)6-10-18/h3-10H,2,11-14H2,1H3. The summed E-state index contributed by atoms with van der Waals surface area (Å²) in [6.45, 7) is 4.53. The highest BCUT2D eigenvalue weighted by Crippen LogP contribution is 2.35. The second-order valence-corrected chi connectivity index (χ2v) is 9.42. The van der Waals surface area contributed by atoms with Crippen molar-refractivity contribution in [2.45, 2.75) is 16.8 Å². The normalized spacial score (nSPS) is 14.7. The maximum absolute atomic E-state index is 13.4. The van der Waals surface area contributed by atoms with E-state index in [0.717, 1.165) is 10.2 Å². The molecule has 0 N–H and O–H groups in total. The Hall–Kier alpha value is -2.36. The third-order valence-corrected chi connectivity index (χ3v) is 6.86. The Labute approximate surface area is 183 Å². The highest BCUT2D eigenvalue weighted by atomic mass is 79.9. The Bertz CT molecular complexity index is 1110. The quantitative estimate of drug-likeness (QED) is 0.510. The van der Waals surface area contributed by atoms with E-state index in [1.807, 2.05) is 11.8 Å². The molecular formula is C21H21BrN2O5S. The molecule has 3 aromatic rings. The summed E-state index contributed by atoms with van der Waals surface area (Å²) in [6, 6.07) is 13.7. The molecule has 0 saturated carbocycles. The van der Waals surface area contributed by atoms with Gasteiger partial charge in [-0.3, -0.25) is 0 Å². The number of hydrogen-bond donors (Lipinski definition) is 0. The van der Waals surface area contributed by atoms with Crippen LogP contribution in [0, 0.1) is 0 Å². The van der Waals surface area contributed by atoms with Crippen LogP contribution in [0.4, 0.5) is 5.88 Å². The largest absolute Gasteiger partial charge is 0.494 e. The van der Waals surface area contributed by atoms with Crippen LogP contribution in [-0.4, -0.2) is 46.3 Å². The molecule has 158 valence electrons. The number of benzene rings is 2. The zero-order valence-corrected chi connectivity index (χ0v) is 18.8. The molecular weight excluding hydrogens is 472 g/mol. The molecule has 2 heterocycles. The zero-order valence-electron chi connectivity index (χ0n) is 16.4. The van der Waals surface area contributed by atoms with Crippen molar-refractivity contribution >= 4 is 31.7 Å². The van der Waals surface area contributed by atoms with Gasteiger partial charge in [0.25, 0.3) is 0 Å². The summed E-state index contributed by atoms with van der Waals surface area (Å²) in [4.78, 5) is 6.43. The number of hydrogen-bond acceptors (Lipinski definition) is 7. The summed E-state index contributed by atoms with van der Waals surface area (Å²) in [5.41, 5.74) is 0.671. The Morgan fingerprint density at radius 2 is 1.73 bits per heavy atom. The molecule has 1 aliphatic rings. The van der Waals surface area contributed by atoms with Crippen molar-refractivity contribution in [3.05, 3.63) is 53.0 Å². The fourth-order valence-corrected chi connectivity index (χ4v) is 4.73. The van der Waals surface area contributed by atoms with Crippen molar-refractivity contribution in [3.8, 4) is 17.2 Å². The number of oxazole rings is 1. The van der Waals surface area contributed by atoms with E-state index >= 15 is 0 Å². The number of halogens is 1. The summed E-state index contributed by atoms with van der Waals surface area (Å²) >= 11 is 3.34. The summed E-state index contributed by atoms with van der Waals surface area (Å²) < 4.78 is 44.4. The SMILES string of the molecule is CCOc1ccc(-c2nc(S(=O)(=O)c3ccc(Br)cc3)c(N3CCOCC3)o2)cc1. The average Bonchev–Trinajstić information content (AvgIpc) is 3.22. The first kappa shape index (κ1) is 20.9. The minimum absolute atomic E-state index is 0.0874. The van der Waals surface area contributed by atoms with Gasteiger partial charge in [-0.2, -0.15) is 4.98 Å². The number of rotatable bonds is 6. The van der Waals surface area contributed by atoms with Gasteiger partial charge in [0, 0.05) is 23.1 Å². The van der Waals surface area contributed by atoms with Gasteiger partial charge in [-0.15, -0.1) is 0 Å².